The molecule has 0 aliphatic carbocycles. The zero-order chi connectivity index (χ0) is 21.8. The van der Waals surface area contributed by atoms with Gasteiger partial charge in [0.15, 0.2) is 5.41 Å². The fraction of sp³-hybridized carbons (Fsp3) is 0.273. The number of nitrogens with one attached hydrogen (secondary N) is 1. The summed E-state index contributed by atoms with van der Waals surface area (Å²) in [5.74, 6) is -1.85. The number of rotatable bonds is 2. The molecule has 3 aliphatic rings. The topological polar surface area (TPSA) is 122 Å². The Morgan fingerprint density at radius 2 is 1.84 bits per heavy atom. The van der Waals surface area contributed by atoms with Crippen LogP contribution in [0.3, 0.4) is 0 Å². The zero-order valence-electron chi connectivity index (χ0n) is 16.5. The Kier molecular flexibility index (Phi) is 4.30. The quantitative estimate of drug-likeness (QED) is 0.694. The molecule has 3 heterocycles. The fourth-order valence-electron chi connectivity index (χ4n) is 4.77. The Morgan fingerprint density at radius 3 is 2.58 bits per heavy atom. The predicted octanol–water partition coefficient (Wildman–Crippen LogP) is 0.816. The molecular weight excluding hydrogens is 400 g/mol. The molecule has 2 atom stereocenters. The largest absolute Gasteiger partial charge is 0.377 e. The number of anilines is 2. The van der Waals surface area contributed by atoms with Gasteiger partial charge in [-0.2, -0.15) is 0 Å². The molecular formula is C22H20N4O5. The molecule has 2 aromatic carbocycles. The first-order valence-electron chi connectivity index (χ1n) is 9.95. The van der Waals surface area contributed by atoms with Gasteiger partial charge in [0.25, 0.3) is 5.91 Å². The first-order chi connectivity index (χ1) is 14.9. The number of carbonyl (C=O) groups excluding carboxylic acids is 4. The lowest BCUT2D eigenvalue weighted by atomic mass is 9.68. The highest BCUT2D eigenvalue weighted by Gasteiger charge is 2.62. The van der Waals surface area contributed by atoms with E-state index < -0.39 is 35.2 Å². The summed E-state index contributed by atoms with van der Waals surface area (Å²) in [5, 5.41) is 2.37. The summed E-state index contributed by atoms with van der Waals surface area (Å²) in [6.07, 6.45) is 0.154. The number of hydrogen-bond donors (Lipinski definition) is 2. The predicted molar refractivity (Wildman–Crippen MR) is 111 cm³/mol. The Balaban J connectivity index is 1.62. The number of amides is 5. The van der Waals surface area contributed by atoms with Crippen molar-refractivity contribution in [3.8, 4) is 0 Å². The van der Waals surface area contributed by atoms with E-state index in [0.29, 0.717) is 13.2 Å². The van der Waals surface area contributed by atoms with Crippen molar-refractivity contribution in [3.05, 3.63) is 59.7 Å². The van der Waals surface area contributed by atoms with Crippen molar-refractivity contribution in [2.45, 2.75) is 12.5 Å². The van der Waals surface area contributed by atoms with Crippen LogP contribution in [-0.2, 0) is 20.7 Å². The Morgan fingerprint density at radius 1 is 1.10 bits per heavy atom. The van der Waals surface area contributed by atoms with Crippen molar-refractivity contribution in [2.75, 3.05) is 29.6 Å². The fourth-order valence-corrected chi connectivity index (χ4v) is 4.77. The van der Waals surface area contributed by atoms with Crippen LogP contribution < -0.4 is 20.9 Å². The number of imide groups is 2. The van der Waals surface area contributed by atoms with Gasteiger partial charge in [-0.05, 0) is 42.3 Å². The van der Waals surface area contributed by atoms with Crippen LogP contribution >= 0.6 is 0 Å². The first kappa shape index (κ1) is 19.3. The van der Waals surface area contributed by atoms with E-state index in [9.17, 15) is 19.2 Å². The maximum atomic E-state index is 13.9. The van der Waals surface area contributed by atoms with Gasteiger partial charge in [0.1, 0.15) is 0 Å². The SMILES string of the molecule is NC(=O)c1ccc(N2C(=O)NC(=O)C3(Cc4ccccc4N4CCOCC43)C2=O)cc1. The van der Waals surface area contributed by atoms with E-state index in [0.717, 1.165) is 16.2 Å². The number of hydrogen-bond acceptors (Lipinski definition) is 6. The standard InChI is InChI=1S/C22H20N4O5/c23-18(27)13-5-7-15(8-6-13)26-20(29)22(19(28)24-21(26)30)11-14-3-1-2-4-16(14)25-9-10-31-12-17(22)25/h1-8,17H,9-12H2,(H2,23,27)(H,24,28,30). The van der Waals surface area contributed by atoms with Crippen LogP contribution in [0, 0.1) is 5.41 Å². The minimum absolute atomic E-state index is 0.154. The van der Waals surface area contributed by atoms with Crippen LogP contribution in [0.2, 0.25) is 0 Å². The molecule has 9 heteroatoms. The van der Waals surface area contributed by atoms with Gasteiger partial charge in [0, 0.05) is 17.8 Å². The molecule has 0 aromatic heterocycles. The average Bonchev–Trinajstić information content (AvgIpc) is 2.78. The number of nitrogens with zero attached hydrogens (tertiary/aromatic N) is 2. The van der Waals surface area contributed by atoms with E-state index in [1.807, 2.05) is 29.2 Å². The number of nitrogens with two attached hydrogens (primary N) is 1. The first-order valence-corrected chi connectivity index (χ1v) is 9.95. The van der Waals surface area contributed by atoms with Crippen molar-refractivity contribution >= 4 is 35.1 Å². The van der Waals surface area contributed by atoms with E-state index in [4.69, 9.17) is 10.5 Å². The number of fused-ring (bicyclic) bond motifs is 4. The van der Waals surface area contributed by atoms with Gasteiger partial charge < -0.3 is 15.4 Å². The maximum absolute atomic E-state index is 13.9. The van der Waals surface area contributed by atoms with Crippen molar-refractivity contribution in [1.82, 2.24) is 5.32 Å². The lowest BCUT2D eigenvalue weighted by Crippen LogP contribution is -2.74. The summed E-state index contributed by atoms with van der Waals surface area (Å²) in [6.45, 7) is 1.20. The number of ether oxygens (including phenoxy) is 1. The number of carbonyl (C=O) groups is 4. The Hall–Kier alpha value is -3.72. The summed E-state index contributed by atoms with van der Waals surface area (Å²) < 4.78 is 5.66. The minimum atomic E-state index is -1.52. The lowest BCUT2D eigenvalue weighted by Gasteiger charge is -2.53. The summed E-state index contributed by atoms with van der Waals surface area (Å²) in [4.78, 5) is 54.2. The third-order valence-corrected chi connectivity index (χ3v) is 6.29. The number of benzene rings is 2. The van der Waals surface area contributed by atoms with Gasteiger partial charge in [0.2, 0.25) is 11.8 Å². The monoisotopic (exact) mass is 420 g/mol. The molecule has 5 amide bonds. The normalized spacial score (nSPS) is 25.2. The van der Waals surface area contributed by atoms with Crippen LogP contribution in [0.4, 0.5) is 16.2 Å². The smallest absolute Gasteiger partial charge is 0.335 e. The molecule has 2 fully saturated rings. The van der Waals surface area contributed by atoms with Crippen LogP contribution in [0.25, 0.3) is 0 Å². The molecule has 2 aromatic rings. The molecule has 1 spiro atoms. The van der Waals surface area contributed by atoms with Gasteiger partial charge in [-0.1, -0.05) is 18.2 Å². The molecule has 31 heavy (non-hydrogen) atoms. The highest BCUT2D eigenvalue weighted by atomic mass is 16.5. The van der Waals surface area contributed by atoms with Crippen molar-refractivity contribution in [2.24, 2.45) is 11.1 Å². The van der Waals surface area contributed by atoms with Crippen LogP contribution in [0.1, 0.15) is 15.9 Å². The molecule has 3 aliphatic heterocycles. The number of barbiturate groups is 1. The van der Waals surface area contributed by atoms with Gasteiger partial charge in [-0.3, -0.25) is 19.7 Å². The number of urea groups is 1. The van der Waals surface area contributed by atoms with Gasteiger partial charge in [0.05, 0.1) is 24.9 Å². The van der Waals surface area contributed by atoms with E-state index >= 15 is 0 Å². The molecule has 2 unspecified atom stereocenters. The second kappa shape index (κ2) is 6.92. The lowest BCUT2D eigenvalue weighted by molar-refractivity contribution is -0.146. The van der Waals surface area contributed by atoms with Gasteiger partial charge >= 0.3 is 6.03 Å². The molecule has 3 N–H and O–H groups in total. The average molecular weight is 420 g/mol. The molecule has 5 rings (SSSR count). The van der Waals surface area contributed by atoms with E-state index in [1.165, 1.54) is 24.3 Å². The zero-order valence-corrected chi connectivity index (χ0v) is 16.5. The minimum Gasteiger partial charge on any atom is -0.377 e. The second-order valence-electron chi connectivity index (χ2n) is 7.87. The van der Waals surface area contributed by atoms with Crippen LogP contribution in [-0.4, -0.2) is 49.6 Å². The summed E-state index contributed by atoms with van der Waals surface area (Å²) in [6, 6.07) is 12.1. The molecule has 0 saturated carbocycles. The van der Waals surface area contributed by atoms with Crippen LogP contribution in [0.15, 0.2) is 48.5 Å². The third kappa shape index (κ3) is 2.73. The third-order valence-electron chi connectivity index (χ3n) is 6.29. The molecule has 0 bridgehead atoms. The number of primary amides is 1. The molecule has 158 valence electrons. The van der Waals surface area contributed by atoms with E-state index in [2.05, 4.69) is 5.32 Å². The van der Waals surface area contributed by atoms with Crippen molar-refractivity contribution < 1.29 is 23.9 Å². The Bertz CT molecular complexity index is 1120. The summed E-state index contributed by atoms with van der Waals surface area (Å²) >= 11 is 0. The molecule has 0 radical (unpaired) electrons. The number of morpholine rings is 1. The highest BCUT2D eigenvalue weighted by molar-refractivity contribution is 6.30. The Labute approximate surface area is 177 Å². The highest BCUT2D eigenvalue weighted by Crippen LogP contribution is 2.45. The van der Waals surface area contributed by atoms with Gasteiger partial charge in [-0.15, -0.1) is 0 Å². The summed E-state index contributed by atoms with van der Waals surface area (Å²) in [5.41, 5.74) is 6.09. The van der Waals surface area contributed by atoms with Crippen molar-refractivity contribution in [1.29, 1.82) is 0 Å². The maximum Gasteiger partial charge on any atom is 0.335 e. The number of para-hydroxylation sites is 1. The molecule has 2 saturated heterocycles. The van der Waals surface area contributed by atoms with Crippen LogP contribution in [0.5, 0.6) is 0 Å². The van der Waals surface area contributed by atoms with E-state index in [1.54, 1.807) is 0 Å². The molecule has 9 nitrogen and oxygen atoms in total. The second-order valence-corrected chi connectivity index (χ2v) is 7.87. The summed E-state index contributed by atoms with van der Waals surface area (Å²) in [7, 11) is 0. The van der Waals surface area contributed by atoms with Gasteiger partial charge in [-0.25, -0.2) is 9.69 Å². The van der Waals surface area contributed by atoms with Crippen molar-refractivity contribution in [3.63, 3.8) is 0 Å². The van der Waals surface area contributed by atoms with E-state index in [-0.39, 0.29) is 24.3 Å².